The average molecular weight is 254 g/mol. The van der Waals surface area contributed by atoms with Gasteiger partial charge in [0.2, 0.25) is 0 Å². The van der Waals surface area contributed by atoms with E-state index in [-0.39, 0.29) is 5.78 Å². The van der Waals surface area contributed by atoms with E-state index in [9.17, 15) is 4.79 Å². The predicted molar refractivity (Wildman–Crippen MR) is 61.3 cm³/mol. The van der Waals surface area contributed by atoms with Crippen LogP contribution in [0.15, 0.2) is 41.0 Å². The minimum atomic E-state index is 0.00572. The van der Waals surface area contributed by atoms with Crippen LogP contribution >= 0.6 is 15.9 Å². The van der Waals surface area contributed by atoms with E-state index in [1.807, 2.05) is 37.2 Å². The number of benzene rings is 1. The molecule has 14 heavy (non-hydrogen) atoms. The van der Waals surface area contributed by atoms with Crippen molar-refractivity contribution in [1.82, 2.24) is 4.90 Å². The van der Waals surface area contributed by atoms with Crippen molar-refractivity contribution in [1.29, 1.82) is 0 Å². The van der Waals surface area contributed by atoms with Crippen molar-refractivity contribution in [3.05, 3.63) is 46.6 Å². The Morgan fingerprint density at radius 1 is 1.36 bits per heavy atom. The highest BCUT2D eigenvalue weighted by molar-refractivity contribution is 9.10. The van der Waals surface area contributed by atoms with Crippen molar-refractivity contribution >= 4 is 21.7 Å². The number of halogens is 1. The maximum atomic E-state index is 11.6. The van der Waals surface area contributed by atoms with Crippen molar-refractivity contribution in [3.63, 3.8) is 0 Å². The van der Waals surface area contributed by atoms with Gasteiger partial charge in [-0.3, -0.25) is 4.79 Å². The van der Waals surface area contributed by atoms with Gasteiger partial charge in [0, 0.05) is 36.4 Å². The second-order valence-electron chi connectivity index (χ2n) is 3.12. The zero-order chi connectivity index (χ0) is 10.6. The SMILES string of the molecule is CN(C)C=CC(=O)c1ccccc1Br. The summed E-state index contributed by atoms with van der Waals surface area (Å²) < 4.78 is 0.827. The quantitative estimate of drug-likeness (QED) is 0.610. The Hall–Kier alpha value is -1.09. The van der Waals surface area contributed by atoms with E-state index in [2.05, 4.69) is 15.9 Å². The van der Waals surface area contributed by atoms with Gasteiger partial charge in [0.15, 0.2) is 5.78 Å². The molecule has 0 N–H and O–H groups in total. The van der Waals surface area contributed by atoms with Crippen LogP contribution in [-0.4, -0.2) is 24.8 Å². The Morgan fingerprint density at radius 2 is 2.00 bits per heavy atom. The largest absolute Gasteiger partial charge is 0.383 e. The van der Waals surface area contributed by atoms with E-state index in [4.69, 9.17) is 0 Å². The molecule has 3 heteroatoms. The average Bonchev–Trinajstić information content (AvgIpc) is 2.15. The van der Waals surface area contributed by atoms with Gasteiger partial charge in [-0.15, -0.1) is 0 Å². The fraction of sp³-hybridized carbons (Fsp3) is 0.182. The van der Waals surface area contributed by atoms with E-state index in [1.165, 1.54) is 0 Å². The minimum absolute atomic E-state index is 0.00572. The van der Waals surface area contributed by atoms with Crippen molar-refractivity contribution in [3.8, 4) is 0 Å². The second kappa shape index (κ2) is 4.96. The molecule has 1 aromatic carbocycles. The van der Waals surface area contributed by atoms with Gasteiger partial charge in [0.1, 0.15) is 0 Å². The van der Waals surface area contributed by atoms with Crippen molar-refractivity contribution in [2.75, 3.05) is 14.1 Å². The molecule has 0 amide bonds. The molecular formula is C11H12BrNO. The number of carbonyl (C=O) groups is 1. The smallest absolute Gasteiger partial charge is 0.188 e. The normalized spacial score (nSPS) is 10.5. The van der Waals surface area contributed by atoms with E-state index in [0.29, 0.717) is 5.56 Å². The monoisotopic (exact) mass is 253 g/mol. The molecule has 2 nitrogen and oxygen atoms in total. The van der Waals surface area contributed by atoms with E-state index in [1.54, 1.807) is 18.3 Å². The van der Waals surface area contributed by atoms with Crippen LogP contribution in [0.4, 0.5) is 0 Å². The van der Waals surface area contributed by atoms with Crippen LogP contribution in [0.3, 0.4) is 0 Å². The summed E-state index contributed by atoms with van der Waals surface area (Å²) in [6.45, 7) is 0. The van der Waals surface area contributed by atoms with Crippen molar-refractivity contribution in [2.45, 2.75) is 0 Å². The van der Waals surface area contributed by atoms with Gasteiger partial charge >= 0.3 is 0 Å². The summed E-state index contributed by atoms with van der Waals surface area (Å²) in [4.78, 5) is 13.5. The molecular weight excluding hydrogens is 242 g/mol. The first-order chi connectivity index (χ1) is 6.61. The maximum Gasteiger partial charge on any atom is 0.188 e. The van der Waals surface area contributed by atoms with Crippen LogP contribution in [0, 0.1) is 0 Å². The molecule has 0 atom stereocenters. The zero-order valence-corrected chi connectivity index (χ0v) is 9.78. The summed E-state index contributed by atoms with van der Waals surface area (Å²) in [6.07, 6.45) is 3.29. The lowest BCUT2D eigenvalue weighted by Gasteiger charge is -2.03. The minimum Gasteiger partial charge on any atom is -0.383 e. The van der Waals surface area contributed by atoms with Gasteiger partial charge in [0.25, 0.3) is 0 Å². The number of rotatable bonds is 3. The molecule has 0 aliphatic heterocycles. The molecule has 0 aromatic heterocycles. The first kappa shape index (κ1) is 11.0. The van der Waals surface area contributed by atoms with Crippen LogP contribution in [0.25, 0.3) is 0 Å². The molecule has 0 heterocycles. The Bertz CT molecular complexity index is 358. The lowest BCUT2D eigenvalue weighted by molar-refractivity contribution is 0.104. The van der Waals surface area contributed by atoms with Crippen molar-refractivity contribution in [2.24, 2.45) is 0 Å². The molecule has 0 saturated carbocycles. The Labute approximate surface area is 92.4 Å². The van der Waals surface area contributed by atoms with Crippen LogP contribution in [0.1, 0.15) is 10.4 Å². The maximum absolute atomic E-state index is 11.6. The molecule has 0 unspecified atom stereocenters. The topological polar surface area (TPSA) is 20.3 Å². The summed E-state index contributed by atoms with van der Waals surface area (Å²) in [5, 5.41) is 0. The first-order valence-corrected chi connectivity index (χ1v) is 5.04. The van der Waals surface area contributed by atoms with Crippen LogP contribution in [-0.2, 0) is 0 Å². The second-order valence-corrected chi connectivity index (χ2v) is 3.98. The van der Waals surface area contributed by atoms with E-state index in [0.717, 1.165) is 4.47 Å². The highest BCUT2D eigenvalue weighted by Gasteiger charge is 2.04. The molecule has 0 aliphatic rings. The number of carbonyl (C=O) groups excluding carboxylic acids is 1. The van der Waals surface area contributed by atoms with Crippen LogP contribution < -0.4 is 0 Å². The van der Waals surface area contributed by atoms with Gasteiger partial charge in [0.05, 0.1) is 0 Å². The standard InChI is InChI=1S/C11H12BrNO/c1-13(2)8-7-11(14)9-5-3-4-6-10(9)12/h3-8H,1-2H3. The molecule has 0 spiro atoms. The third-order valence-corrected chi connectivity index (χ3v) is 2.35. The van der Waals surface area contributed by atoms with Crippen LogP contribution in [0.5, 0.6) is 0 Å². The fourth-order valence-corrected chi connectivity index (χ4v) is 1.45. The summed E-state index contributed by atoms with van der Waals surface area (Å²) in [6, 6.07) is 7.39. The number of nitrogens with zero attached hydrogens (tertiary/aromatic N) is 1. The highest BCUT2D eigenvalue weighted by Crippen LogP contribution is 2.16. The van der Waals surface area contributed by atoms with Gasteiger partial charge in [-0.05, 0) is 12.1 Å². The van der Waals surface area contributed by atoms with Crippen LogP contribution in [0.2, 0.25) is 0 Å². The third kappa shape index (κ3) is 3.00. The van der Waals surface area contributed by atoms with Crippen molar-refractivity contribution < 1.29 is 4.79 Å². The van der Waals surface area contributed by atoms with E-state index < -0.39 is 0 Å². The molecule has 0 saturated heterocycles. The first-order valence-electron chi connectivity index (χ1n) is 4.25. The number of hydrogen-bond acceptors (Lipinski definition) is 2. The van der Waals surface area contributed by atoms with E-state index >= 15 is 0 Å². The molecule has 0 fully saturated rings. The number of hydrogen-bond donors (Lipinski definition) is 0. The van der Waals surface area contributed by atoms with Gasteiger partial charge in [-0.25, -0.2) is 0 Å². The molecule has 74 valence electrons. The molecule has 1 rings (SSSR count). The fourth-order valence-electron chi connectivity index (χ4n) is 0.968. The van der Waals surface area contributed by atoms with Gasteiger partial charge in [-0.2, -0.15) is 0 Å². The summed E-state index contributed by atoms with van der Waals surface area (Å²) in [7, 11) is 3.76. The number of allylic oxidation sites excluding steroid dienone is 1. The lowest BCUT2D eigenvalue weighted by atomic mass is 10.1. The summed E-state index contributed by atoms with van der Waals surface area (Å²) in [5.74, 6) is 0.00572. The van der Waals surface area contributed by atoms with Gasteiger partial charge < -0.3 is 4.90 Å². The predicted octanol–water partition coefficient (Wildman–Crippen LogP) is 2.71. The zero-order valence-electron chi connectivity index (χ0n) is 8.20. The van der Waals surface area contributed by atoms with Gasteiger partial charge in [-0.1, -0.05) is 28.1 Å². The third-order valence-electron chi connectivity index (χ3n) is 1.66. The Morgan fingerprint density at radius 3 is 2.57 bits per heavy atom. The lowest BCUT2D eigenvalue weighted by Crippen LogP contribution is -2.03. The molecule has 0 bridgehead atoms. The molecule has 0 radical (unpaired) electrons. The molecule has 1 aromatic rings. The summed E-state index contributed by atoms with van der Waals surface area (Å²) in [5.41, 5.74) is 0.686. The molecule has 0 aliphatic carbocycles. The summed E-state index contributed by atoms with van der Waals surface area (Å²) >= 11 is 3.34. The number of ketones is 1. The Kier molecular flexibility index (Phi) is 3.89. The highest BCUT2D eigenvalue weighted by atomic mass is 79.9. The Balaban J connectivity index is 2.85.